The number of aliphatic imine (C=N–C) groups is 1. The molecule has 2 aromatic carbocycles. The highest BCUT2D eigenvalue weighted by Gasteiger charge is 2.60. The van der Waals surface area contributed by atoms with Crippen LogP contribution in [0.4, 0.5) is 4.39 Å². The van der Waals surface area contributed by atoms with Gasteiger partial charge in [0.1, 0.15) is 23.3 Å². The van der Waals surface area contributed by atoms with Crippen LogP contribution in [0.3, 0.4) is 0 Å². The minimum absolute atomic E-state index is 0.0146. The van der Waals surface area contributed by atoms with Crippen molar-refractivity contribution in [3.8, 4) is 11.8 Å². The minimum Gasteiger partial charge on any atom is -0.490 e. The largest absolute Gasteiger partial charge is 0.490 e. The van der Waals surface area contributed by atoms with Crippen molar-refractivity contribution in [3.05, 3.63) is 111 Å². The van der Waals surface area contributed by atoms with Crippen LogP contribution in [0.25, 0.3) is 0 Å². The summed E-state index contributed by atoms with van der Waals surface area (Å²) in [6.07, 6.45) is 18.3. The Balaban J connectivity index is 0.721. The number of amides is 3. The molecule has 0 aromatic heterocycles. The number of fused-ring (bicyclic) bond motifs is 3. The lowest BCUT2D eigenvalue weighted by Gasteiger charge is -2.29. The predicted octanol–water partition coefficient (Wildman–Crippen LogP) is 9.46. The molecule has 346 valence electrons. The zero-order valence-electron chi connectivity index (χ0n) is 38.2. The number of allylic oxidation sites excluding steroid dienone is 3. The Morgan fingerprint density at radius 2 is 1.91 bits per heavy atom. The van der Waals surface area contributed by atoms with Gasteiger partial charge in [-0.1, -0.05) is 54.0 Å². The van der Waals surface area contributed by atoms with E-state index in [4.69, 9.17) is 21.6 Å². The molecule has 2 aliphatic heterocycles. The summed E-state index contributed by atoms with van der Waals surface area (Å²) >= 11 is 6.18. The van der Waals surface area contributed by atoms with E-state index in [1.165, 1.54) is 17.2 Å². The van der Waals surface area contributed by atoms with E-state index in [1.54, 1.807) is 30.5 Å². The molecular formula is C54H61ClFN5O5. The van der Waals surface area contributed by atoms with Gasteiger partial charge in [0, 0.05) is 67.2 Å². The number of imide groups is 1. The molecule has 3 saturated carbocycles. The number of nitrogens with zero attached hydrogens (tertiary/aromatic N) is 3. The molecule has 2 aromatic rings. The Morgan fingerprint density at radius 1 is 1.11 bits per heavy atom. The molecule has 10 nitrogen and oxygen atoms in total. The summed E-state index contributed by atoms with van der Waals surface area (Å²) in [7, 11) is 0. The third-order valence-electron chi connectivity index (χ3n) is 15.8. The van der Waals surface area contributed by atoms with Crippen molar-refractivity contribution in [1.29, 1.82) is 5.26 Å². The standard InChI is InChI=1S/C54H61ClFN5O5/c1-4-49(53(65)59-38-8-11-39(12-9-38)66-40-10-6-36(27-57)47(55)25-40)58-28-31(2)19-34-15-18-61(29-32(3)20-34)30-44-41-13-5-33(22-42(41)44)21-37-23-43-45(26-48(37)56)54(16-17-54)46(51(43)63)24-35-7-14-50(62)60-52(35)64/h4-6,10,20,23,25-26,28,32,35,38-39,41-42,44,46H,1,7-9,11-19,21-22,24,29-30H2,2-3H3,(H,59,65)(H,60,62,64)/b31-28+,58-49?/t32-,35?,38?,39?,41-,42+,44+,46?/m0/s1. The van der Waals surface area contributed by atoms with Crippen molar-refractivity contribution in [1.82, 2.24) is 15.5 Å². The molecule has 1 saturated heterocycles. The summed E-state index contributed by atoms with van der Waals surface area (Å²) in [5.74, 6) is 1.28. The fourth-order valence-electron chi connectivity index (χ4n) is 12.0. The van der Waals surface area contributed by atoms with Crippen molar-refractivity contribution in [2.45, 2.75) is 121 Å². The van der Waals surface area contributed by atoms with Gasteiger partial charge >= 0.3 is 0 Å². The first kappa shape index (κ1) is 46.0. The van der Waals surface area contributed by atoms with Crippen LogP contribution < -0.4 is 15.4 Å². The summed E-state index contributed by atoms with van der Waals surface area (Å²) < 4.78 is 22.0. The normalized spacial score (nSPS) is 29.4. The Labute approximate surface area is 392 Å². The molecule has 0 bridgehead atoms. The van der Waals surface area contributed by atoms with Gasteiger partial charge in [-0.15, -0.1) is 0 Å². The Kier molecular flexibility index (Phi) is 13.4. The molecule has 6 atom stereocenters. The molecule has 2 N–H and O–H groups in total. The third kappa shape index (κ3) is 9.92. The molecule has 2 heterocycles. The summed E-state index contributed by atoms with van der Waals surface area (Å²) in [6.45, 7) is 11.3. The van der Waals surface area contributed by atoms with Gasteiger partial charge in [0.2, 0.25) is 11.8 Å². The number of Topliss-reactive ketones (excluding diaryl/α,β-unsaturated/α-hetero) is 1. The number of rotatable bonds is 14. The predicted molar refractivity (Wildman–Crippen MR) is 252 cm³/mol. The monoisotopic (exact) mass is 913 g/mol. The Bertz CT molecular complexity index is 2490. The number of nitrogens with one attached hydrogen (secondary N) is 2. The van der Waals surface area contributed by atoms with Crippen LogP contribution >= 0.6 is 11.6 Å². The maximum Gasteiger partial charge on any atom is 0.270 e. The first-order valence-corrected chi connectivity index (χ1v) is 24.5. The van der Waals surface area contributed by atoms with Crippen molar-refractivity contribution >= 4 is 40.8 Å². The molecule has 1 spiro atoms. The molecule has 12 heteroatoms. The van der Waals surface area contributed by atoms with Gasteiger partial charge in [-0.05, 0) is 156 Å². The number of hydrogen-bond donors (Lipinski definition) is 2. The number of ketones is 1. The molecule has 2 unspecified atom stereocenters. The third-order valence-corrected chi connectivity index (χ3v) is 16.1. The van der Waals surface area contributed by atoms with E-state index in [0.29, 0.717) is 82.5 Å². The van der Waals surface area contributed by atoms with Crippen LogP contribution in [-0.4, -0.2) is 65.9 Å². The Hall–Kier alpha value is -5.18. The smallest absolute Gasteiger partial charge is 0.270 e. The summed E-state index contributed by atoms with van der Waals surface area (Å²) in [5, 5.41) is 15.1. The zero-order valence-corrected chi connectivity index (χ0v) is 38.9. The van der Waals surface area contributed by atoms with Crippen LogP contribution in [0.1, 0.15) is 124 Å². The summed E-state index contributed by atoms with van der Waals surface area (Å²) in [5.41, 5.74) is 6.15. The summed E-state index contributed by atoms with van der Waals surface area (Å²) in [6, 6.07) is 10.6. The molecule has 66 heavy (non-hydrogen) atoms. The van der Waals surface area contributed by atoms with E-state index < -0.39 is 0 Å². The second-order valence-corrected chi connectivity index (χ2v) is 20.8. The fourth-order valence-corrected chi connectivity index (χ4v) is 12.2. The van der Waals surface area contributed by atoms with Crippen molar-refractivity contribution in [2.24, 2.45) is 40.5 Å². The van der Waals surface area contributed by atoms with Gasteiger partial charge in [0.25, 0.3) is 5.91 Å². The lowest BCUT2D eigenvalue weighted by molar-refractivity contribution is -0.136. The number of piperidine rings is 1. The van der Waals surface area contributed by atoms with Crippen molar-refractivity contribution < 1.29 is 28.3 Å². The van der Waals surface area contributed by atoms with E-state index in [2.05, 4.69) is 59.2 Å². The fraction of sp³-hybridized carbons (Fsp3) is 0.519. The highest BCUT2D eigenvalue weighted by Crippen LogP contribution is 2.62. The van der Waals surface area contributed by atoms with Crippen LogP contribution in [0, 0.1) is 52.7 Å². The number of ether oxygens (including phenoxy) is 1. The highest BCUT2D eigenvalue weighted by atomic mass is 35.5. The number of benzene rings is 2. The van der Waals surface area contributed by atoms with E-state index in [0.717, 1.165) is 95.0 Å². The first-order chi connectivity index (χ1) is 31.8. The van der Waals surface area contributed by atoms with E-state index in [-0.39, 0.29) is 58.7 Å². The summed E-state index contributed by atoms with van der Waals surface area (Å²) in [4.78, 5) is 58.6. The SMILES string of the molecule is C=CC(=N/C=C(\C)CC1=C[C@H](C)CN(C[C@@H]2[C@H]3CC=C(Cc4cc5c(cc4F)C4(CC4)C(CC4CCC(=O)NC4=O)C5=O)C[C@H]32)CC1)C(=O)NC1CCC(Oc2ccc(C#N)c(Cl)c2)CC1. The van der Waals surface area contributed by atoms with Gasteiger partial charge in [-0.3, -0.25) is 29.5 Å². The van der Waals surface area contributed by atoms with Crippen LogP contribution in [0.5, 0.6) is 5.75 Å². The molecule has 4 fully saturated rings. The number of hydrogen-bond acceptors (Lipinski definition) is 8. The second kappa shape index (κ2) is 19.2. The average Bonchev–Trinajstić information content (AvgIpc) is 4.22. The molecule has 7 aliphatic rings. The Morgan fingerprint density at radius 3 is 2.64 bits per heavy atom. The number of carbonyl (C=O) groups is 4. The number of halogens is 2. The van der Waals surface area contributed by atoms with E-state index >= 15 is 4.39 Å². The van der Waals surface area contributed by atoms with Crippen LogP contribution in [0.15, 0.2) is 83.1 Å². The van der Waals surface area contributed by atoms with Gasteiger partial charge in [0.05, 0.1) is 16.7 Å². The molecule has 0 radical (unpaired) electrons. The van der Waals surface area contributed by atoms with E-state index in [1.807, 2.05) is 6.07 Å². The zero-order chi connectivity index (χ0) is 46.3. The highest BCUT2D eigenvalue weighted by molar-refractivity contribution is 6.43. The average molecular weight is 915 g/mol. The van der Waals surface area contributed by atoms with Crippen molar-refractivity contribution in [3.63, 3.8) is 0 Å². The van der Waals surface area contributed by atoms with Crippen LogP contribution in [-0.2, 0) is 26.2 Å². The van der Waals surface area contributed by atoms with Gasteiger partial charge in [-0.2, -0.15) is 5.26 Å². The topological polar surface area (TPSA) is 141 Å². The molecule has 9 rings (SSSR count). The van der Waals surface area contributed by atoms with Gasteiger partial charge in [-0.25, -0.2) is 4.39 Å². The maximum absolute atomic E-state index is 15.9. The number of carbonyl (C=O) groups excluding carboxylic acids is 4. The molecular weight excluding hydrogens is 853 g/mol. The van der Waals surface area contributed by atoms with E-state index in [9.17, 15) is 19.2 Å². The lowest BCUT2D eigenvalue weighted by atomic mass is 9.79. The van der Waals surface area contributed by atoms with Gasteiger partial charge < -0.3 is 15.0 Å². The minimum atomic E-state index is -0.364. The lowest BCUT2D eigenvalue weighted by Crippen LogP contribution is -2.42. The molecule has 5 aliphatic carbocycles. The quantitative estimate of drug-likeness (QED) is 0.109. The molecule has 3 amide bonds. The number of nitriles is 1. The van der Waals surface area contributed by atoms with Crippen molar-refractivity contribution in [2.75, 3.05) is 19.6 Å². The van der Waals surface area contributed by atoms with Crippen LogP contribution in [0.2, 0.25) is 5.02 Å². The first-order valence-electron chi connectivity index (χ1n) is 24.1. The second-order valence-electron chi connectivity index (χ2n) is 20.4. The van der Waals surface area contributed by atoms with Gasteiger partial charge in [0.15, 0.2) is 5.78 Å². The maximum atomic E-state index is 15.9.